The van der Waals surface area contributed by atoms with Crippen LogP contribution in [0.25, 0.3) is 0 Å². The van der Waals surface area contributed by atoms with E-state index in [1.54, 1.807) is 6.07 Å². The standard InChI is InChI=1S/C16H19ClN2O3/c17-13-3-1-2-12-14(6-7-22-15(12)13)19-16(21)18-11-5-4-10(8-11)9-20/h1-5,10-11,14,20H,6-9H2,(H2,18,19,21)/t10-,11+,14?/m0/s1. The number of fused-ring (bicyclic) bond motifs is 1. The van der Waals surface area contributed by atoms with Crippen LogP contribution in [0.4, 0.5) is 4.79 Å². The zero-order valence-corrected chi connectivity index (χ0v) is 12.8. The molecular weight excluding hydrogens is 304 g/mol. The van der Waals surface area contributed by atoms with Gasteiger partial charge in [-0.05, 0) is 12.5 Å². The van der Waals surface area contributed by atoms with Gasteiger partial charge in [0.1, 0.15) is 5.75 Å². The average Bonchev–Trinajstić information content (AvgIpc) is 2.96. The molecule has 1 aromatic rings. The van der Waals surface area contributed by atoms with E-state index in [-0.39, 0.29) is 30.6 Å². The van der Waals surface area contributed by atoms with Crippen LogP contribution in [0, 0.1) is 5.92 Å². The third kappa shape index (κ3) is 3.20. The molecule has 0 aromatic heterocycles. The molecular formula is C16H19ClN2O3. The number of benzene rings is 1. The van der Waals surface area contributed by atoms with Crippen LogP contribution in [0.3, 0.4) is 0 Å². The summed E-state index contributed by atoms with van der Waals surface area (Å²) in [7, 11) is 0. The van der Waals surface area contributed by atoms with Gasteiger partial charge in [0.2, 0.25) is 0 Å². The second-order valence-corrected chi connectivity index (χ2v) is 6.04. The highest BCUT2D eigenvalue weighted by Crippen LogP contribution is 2.37. The van der Waals surface area contributed by atoms with Gasteiger partial charge in [0, 0.05) is 30.6 Å². The van der Waals surface area contributed by atoms with Gasteiger partial charge in [-0.1, -0.05) is 35.9 Å². The molecule has 2 aliphatic rings. The molecule has 0 fully saturated rings. The van der Waals surface area contributed by atoms with E-state index >= 15 is 0 Å². The van der Waals surface area contributed by atoms with Crippen molar-refractivity contribution in [2.45, 2.75) is 24.9 Å². The second kappa shape index (κ2) is 6.58. The highest BCUT2D eigenvalue weighted by molar-refractivity contribution is 6.32. The lowest BCUT2D eigenvalue weighted by Crippen LogP contribution is -2.43. The minimum Gasteiger partial charge on any atom is -0.492 e. The third-order valence-electron chi connectivity index (χ3n) is 4.05. The largest absolute Gasteiger partial charge is 0.492 e. The molecule has 5 nitrogen and oxygen atoms in total. The van der Waals surface area contributed by atoms with E-state index in [4.69, 9.17) is 21.4 Å². The quantitative estimate of drug-likeness (QED) is 0.748. The van der Waals surface area contributed by atoms with E-state index < -0.39 is 0 Å². The fraction of sp³-hybridized carbons (Fsp3) is 0.438. The minimum atomic E-state index is -0.217. The Bertz CT molecular complexity index is 591. The summed E-state index contributed by atoms with van der Waals surface area (Å²) in [6.07, 6.45) is 5.31. The van der Waals surface area contributed by atoms with E-state index in [0.717, 1.165) is 12.0 Å². The van der Waals surface area contributed by atoms with E-state index in [1.165, 1.54) is 0 Å². The van der Waals surface area contributed by atoms with Crippen molar-refractivity contribution in [2.24, 2.45) is 5.92 Å². The number of halogens is 1. The summed E-state index contributed by atoms with van der Waals surface area (Å²) in [6.45, 7) is 0.639. The molecule has 1 aromatic carbocycles. The Morgan fingerprint density at radius 1 is 1.36 bits per heavy atom. The molecule has 22 heavy (non-hydrogen) atoms. The van der Waals surface area contributed by atoms with Crippen molar-refractivity contribution in [2.75, 3.05) is 13.2 Å². The van der Waals surface area contributed by atoms with Gasteiger partial charge >= 0.3 is 6.03 Å². The Hall–Kier alpha value is -1.72. The molecule has 0 spiro atoms. The van der Waals surface area contributed by atoms with Gasteiger partial charge in [-0.25, -0.2) is 4.79 Å². The van der Waals surface area contributed by atoms with E-state index in [0.29, 0.717) is 23.8 Å². The molecule has 3 N–H and O–H groups in total. The average molecular weight is 323 g/mol. The Morgan fingerprint density at radius 3 is 3.00 bits per heavy atom. The number of nitrogens with one attached hydrogen (secondary N) is 2. The van der Waals surface area contributed by atoms with Gasteiger partial charge in [0.05, 0.1) is 17.7 Å². The summed E-state index contributed by atoms with van der Waals surface area (Å²) in [5.74, 6) is 0.787. The maximum atomic E-state index is 12.2. The van der Waals surface area contributed by atoms with Gasteiger partial charge in [0.25, 0.3) is 0 Å². The van der Waals surface area contributed by atoms with Crippen LogP contribution < -0.4 is 15.4 Å². The van der Waals surface area contributed by atoms with Crippen molar-refractivity contribution in [3.63, 3.8) is 0 Å². The molecule has 2 amide bonds. The van der Waals surface area contributed by atoms with Crippen LogP contribution in [-0.2, 0) is 0 Å². The summed E-state index contributed by atoms with van der Waals surface area (Å²) in [6, 6.07) is 5.20. The van der Waals surface area contributed by atoms with Gasteiger partial charge in [-0.3, -0.25) is 0 Å². The summed E-state index contributed by atoms with van der Waals surface area (Å²) in [5, 5.41) is 15.6. The molecule has 0 bridgehead atoms. The number of ether oxygens (including phenoxy) is 1. The van der Waals surface area contributed by atoms with Gasteiger partial charge in [-0.2, -0.15) is 0 Å². The summed E-state index contributed by atoms with van der Waals surface area (Å²) < 4.78 is 5.59. The number of urea groups is 1. The van der Waals surface area contributed by atoms with Crippen molar-refractivity contribution in [3.05, 3.63) is 40.9 Å². The molecule has 3 rings (SSSR count). The van der Waals surface area contributed by atoms with Crippen LogP contribution in [0.5, 0.6) is 5.75 Å². The van der Waals surface area contributed by atoms with E-state index in [1.807, 2.05) is 24.3 Å². The maximum Gasteiger partial charge on any atom is 0.315 e. The topological polar surface area (TPSA) is 70.6 Å². The summed E-state index contributed by atoms with van der Waals surface area (Å²) >= 11 is 6.13. The lowest BCUT2D eigenvalue weighted by atomic mass is 10.0. The SMILES string of the molecule is O=C(NC1CCOc2c(Cl)cccc21)N[C@@H]1C=C[C@H](CO)C1. The summed E-state index contributed by atoms with van der Waals surface area (Å²) in [4.78, 5) is 12.2. The van der Waals surface area contributed by atoms with Crippen molar-refractivity contribution in [1.82, 2.24) is 10.6 Å². The van der Waals surface area contributed by atoms with Crippen molar-refractivity contribution < 1.29 is 14.6 Å². The van der Waals surface area contributed by atoms with Crippen LogP contribution in [-0.4, -0.2) is 30.4 Å². The number of hydrogen-bond acceptors (Lipinski definition) is 3. The second-order valence-electron chi connectivity index (χ2n) is 5.64. The first-order valence-electron chi connectivity index (χ1n) is 7.45. The van der Waals surface area contributed by atoms with Crippen LogP contribution in [0.2, 0.25) is 5.02 Å². The van der Waals surface area contributed by atoms with Gasteiger partial charge in [-0.15, -0.1) is 0 Å². The van der Waals surface area contributed by atoms with Crippen LogP contribution in [0.1, 0.15) is 24.4 Å². The highest BCUT2D eigenvalue weighted by Gasteiger charge is 2.26. The zero-order valence-electron chi connectivity index (χ0n) is 12.1. The molecule has 3 atom stereocenters. The number of carbonyl (C=O) groups is 1. The molecule has 1 unspecified atom stereocenters. The monoisotopic (exact) mass is 322 g/mol. The molecule has 1 aliphatic heterocycles. The Labute approximate surface area is 134 Å². The smallest absolute Gasteiger partial charge is 0.315 e. The Morgan fingerprint density at radius 2 is 2.23 bits per heavy atom. The fourth-order valence-electron chi connectivity index (χ4n) is 2.92. The molecule has 1 heterocycles. The molecule has 118 valence electrons. The number of hydrogen-bond donors (Lipinski definition) is 3. The number of aliphatic hydroxyl groups excluding tert-OH is 1. The maximum absolute atomic E-state index is 12.2. The first-order valence-corrected chi connectivity index (χ1v) is 7.82. The molecule has 0 saturated carbocycles. The van der Waals surface area contributed by atoms with Crippen LogP contribution in [0.15, 0.2) is 30.4 Å². The van der Waals surface area contributed by atoms with Crippen molar-refractivity contribution in [1.29, 1.82) is 0 Å². The number of para-hydroxylation sites is 1. The molecule has 1 aliphatic carbocycles. The van der Waals surface area contributed by atoms with Gasteiger partial charge in [0.15, 0.2) is 0 Å². The Kier molecular flexibility index (Phi) is 4.55. The summed E-state index contributed by atoms with van der Waals surface area (Å²) in [5.41, 5.74) is 0.907. The fourth-order valence-corrected chi connectivity index (χ4v) is 3.16. The zero-order chi connectivity index (χ0) is 15.5. The molecule has 0 radical (unpaired) electrons. The predicted molar refractivity (Wildman–Crippen MR) is 84.1 cm³/mol. The number of rotatable bonds is 3. The minimum absolute atomic E-state index is 0.0316. The number of aliphatic hydroxyl groups is 1. The number of carbonyl (C=O) groups excluding carboxylic acids is 1. The molecule has 6 heteroatoms. The Balaban J connectivity index is 1.61. The van der Waals surface area contributed by atoms with Gasteiger partial charge < -0.3 is 20.5 Å². The first kappa shape index (κ1) is 15.2. The first-order chi connectivity index (χ1) is 10.7. The lowest BCUT2D eigenvalue weighted by Gasteiger charge is -2.27. The lowest BCUT2D eigenvalue weighted by molar-refractivity contribution is 0.218. The third-order valence-corrected chi connectivity index (χ3v) is 4.35. The van der Waals surface area contributed by atoms with Crippen molar-refractivity contribution >= 4 is 17.6 Å². The van der Waals surface area contributed by atoms with Crippen LogP contribution >= 0.6 is 11.6 Å². The molecule has 0 saturated heterocycles. The van der Waals surface area contributed by atoms with E-state index in [2.05, 4.69) is 10.6 Å². The van der Waals surface area contributed by atoms with E-state index in [9.17, 15) is 4.79 Å². The normalized spacial score (nSPS) is 26.2. The highest BCUT2D eigenvalue weighted by atomic mass is 35.5. The number of amides is 2. The predicted octanol–water partition coefficient (Wildman–Crippen LogP) is 2.40. The van der Waals surface area contributed by atoms with Crippen molar-refractivity contribution in [3.8, 4) is 5.75 Å².